The molecule has 0 saturated heterocycles. The van der Waals surface area contributed by atoms with Gasteiger partial charge in [0, 0.05) is 30.6 Å². The van der Waals surface area contributed by atoms with Crippen molar-refractivity contribution in [3.8, 4) is 0 Å². The Bertz CT molecular complexity index is 625. The molecule has 0 spiro atoms. The molecule has 0 fully saturated rings. The van der Waals surface area contributed by atoms with E-state index in [1.165, 1.54) is 12.1 Å². The van der Waals surface area contributed by atoms with Crippen molar-refractivity contribution in [2.45, 2.75) is 32.9 Å². The Balaban J connectivity index is 2.30. The summed E-state index contributed by atoms with van der Waals surface area (Å²) in [6.07, 6.45) is 0.343. The number of benzene rings is 1. The Hall–Kier alpha value is -1.46. The van der Waals surface area contributed by atoms with Gasteiger partial charge in [-0.15, -0.1) is 0 Å². The summed E-state index contributed by atoms with van der Waals surface area (Å²) in [4.78, 5) is 0. The molecule has 0 saturated carbocycles. The molecule has 2 N–H and O–H groups in total. The lowest BCUT2D eigenvalue weighted by Crippen LogP contribution is -2.17. The van der Waals surface area contributed by atoms with Crippen molar-refractivity contribution in [3.05, 3.63) is 51.8 Å². The molecular weight excluding hydrogens is 284 g/mol. The first-order valence-corrected chi connectivity index (χ1v) is 6.74. The zero-order valence-electron chi connectivity index (χ0n) is 11.3. The molecule has 3 nitrogen and oxygen atoms in total. The summed E-state index contributed by atoms with van der Waals surface area (Å²) in [7, 11) is 0. The lowest BCUT2D eigenvalue weighted by molar-refractivity contribution is 0.541. The number of hydrogen-bond acceptors (Lipinski definition) is 2. The molecule has 1 heterocycles. The fraction of sp³-hybridized carbons (Fsp3) is 0.357. The van der Waals surface area contributed by atoms with E-state index in [0.29, 0.717) is 18.0 Å². The smallest absolute Gasteiger partial charge is 0.130 e. The van der Waals surface area contributed by atoms with E-state index in [1.807, 2.05) is 13.8 Å². The average molecular weight is 300 g/mol. The first kappa shape index (κ1) is 14.9. The molecule has 1 aromatic carbocycles. The Kier molecular flexibility index (Phi) is 4.40. The van der Waals surface area contributed by atoms with Crippen LogP contribution in [-0.2, 0) is 13.0 Å². The van der Waals surface area contributed by atoms with Crippen LogP contribution in [0.25, 0.3) is 0 Å². The van der Waals surface area contributed by atoms with Crippen LogP contribution in [0.1, 0.15) is 29.9 Å². The van der Waals surface area contributed by atoms with Gasteiger partial charge >= 0.3 is 0 Å². The number of halogens is 3. The molecule has 1 aromatic heterocycles. The van der Waals surface area contributed by atoms with Gasteiger partial charge in [0.2, 0.25) is 0 Å². The van der Waals surface area contributed by atoms with Gasteiger partial charge in [-0.25, -0.2) is 8.78 Å². The first-order chi connectivity index (χ1) is 9.43. The molecule has 1 unspecified atom stereocenters. The van der Waals surface area contributed by atoms with Crippen LogP contribution in [0.2, 0.25) is 5.02 Å². The van der Waals surface area contributed by atoms with E-state index in [-0.39, 0.29) is 5.56 Å². The molecule has 0 aliphatic heterocycles. The molecule has 0 amide bonds. The summed E-state index contributed by atoms with van der Waals surface area (Å²) in [5.74, 6) is -1.26. The Labute approximate surface area is 121 Å². The maximum absolute atomic E-state index is 13.7. The van der Waals surface area contributed by atoms with E-state index in [0.717, 1.165) is 17.5 Å². The Morgan fingerprint density at radius 2 is 2.10 bits per heavy atom. The summed E-state index contributed by atoms with van der Waals surface area (Å²) in [5, 5.41) is 4.83. The van der Waals surface area contributed by atoms with Crippen LogP contribution in [0.15, 0.2) is 18.2 Å². The maximum Gasteiger partial charge on any atom is 0.130 e. The van der Waals surface area contributed by atoms with Crippen LogP contribution < -0.4 is 5.73 Å². The molecule has 0 radical (unpaired) electrons. The summed E-state index contributed by atoms with van der Waals surface area (Å²) in [6, 6.07) is 2.79. The molecular formula is C14H16ClF2N3. The van der Waals surface area contributed by atoms with Crippen LogP contribution in [0.3, 0.4) is 0 Å². The summed E-state index contributed by atoms with van der Waals surface area (Å²) in [5.41, 5.74) is 7.77. The normalized spacial score (nSPS) is 12.7. The van der Waals surface area contributed by atoms with Gasteiger partial charge in [0.15, 0.2) is 0 Å². The molecule has 0 aliphatic rings. The summed E-state index contributed by atoms with van der Waals surface area (Å²) in [6.45, 7) is 4.40. The highest BCUT2D eigenvalue weighted by molar-refractivity contribution is 6.31. The van der Waals surface area contributed by atoms with Crippen LogP contribution in [-0.4, -0.2) is 9.78 Å². The predicted molar refractivity (Wildman–Crippen MR) is 74.6 cm³/mol. The second kappa shape index (κ2) is 5.89. The number of aryl methyl sites for hydroxylation is 2. The van der Waals surface area contributed by atoms with Crippen molar-refractivity contribution in [1.29, 1.82) is 0 Å². The number of rotatable bonds is 4. The van der Waals surface area contributed by atoms with Gasteiger partial charge in [-0.05, 0) is 19.9 Å². The fourth-order valence-electron chi connectivity index (χ4n) is 2.18. The zero-order chi connectivity index (χ0) is 14.9. The molecule has 108 valence electrons. The SMILES string of the molecule is CCn1nc(C)c(Cl)c1CC(N)c1ccc(F)cc1F. The van der Waals surface area contributed by atoms with Gasteiger partial charge in [0.05, 0.1) is 16.4 Å². The highest BCUT2D eigenvalue weighted by Gasteiger charge is 2.19. The summed E-state index contributed by atoms with van der Waals surface area (Å²) >= 11 is 6.20. The van der Waals surface area contributed by atoms with Gasteiger partial charge in [-0.1, -0.05) is 17.7 Å². The van der Waals surface area contributed by atoms with E-state index in [4.69, 9.17) is 17.3 Å². The number of aromatic nitrogens is 2. The average Bonchev–Trinajstić information content (AvgIpc) is 2.66. The Morgan fingerprint density at radius 3 is 2.70 bits per heavy atom. The molecule has 0 aliphatic carbocycles. The third-order valence-electron chi connectivity index (χ3n) is 3.23. The topological polar surface area (TPSA) is 43.8 Å². The fourth-order valence-corrected chi connectivity index (χ4v) is 2.40. The molecule has 2 aromatic rings. The van der Waals surface area contributed by atoms with E-state index >= 15 is 0 Å². The van der Waals surface area contributed by atoms with Gasteiger partial charge in [-0.2, -0.15) is 5.10 Å². The minimum Gasteiger partial charge on any atom is -0.324 e. The summed E-state index contributed by atoms with van der Waals surface area (Å²) < 4.78 is 28.4. The van der Waals surface area contributed by atoms with Crippen molar-refractivity contribution in [1.82, 2.24) is 9.78 Å². The van der Waals surface area contributed by atoms with Crippen molar-refractivity contribution >= 4 is 11.6 Å². The molecule has 20 heavy (non-hydrogen) atoms. The standard InChI is InChI=1S/C14H16ClF2N3/c1-3-20-13(14(15)8(2)19-20)7-12(18)10-5-4-9(16)6-11(10)17/h4-6,12H,3,7,18H2,1-2H3. The number of nitrogens with zero attached hydrogens (tertiary/aromatic N) is 2. The van der Waals surface area contributed by atoms with Crippen molar-refractivity contribution in [2.24, 2.45) is 5.73 Å². The van der Waals surface area contributed by atoms with Gasteiger partial charge < -0.3 is 5.73 Å². The highest BCUT2D eigenvalue weighted by Crippen LogP contribution is 2.26. The molecule has 2 rings (SSSR count). The second-order valence-corrected chi connectivity index (χ2v) is 5.02. The maximum atomic E-state index is 13.7. The lowest BCUT2D eigenvalue weighted by Gasteiger charge is -2.14. The van der Waals surface area contributed by atoms with Crippen molar-refractivity contribution in [2.75, 3.05) is 0 Å². The largest absolute Gasteiger partial charge is 0.324 e. The lowest BCUT2D eigenvalue weighted by atomic mass is 10.0. The monoisotopic (exact) mass is 299 g/mol. The van der Waals surface area contributed by atoms with E-state index in [2.05, 4.69) is 5.10 Å². The molecule has 0 bridgehead atoms. The minimum absolute atomic E-state index is 0.268. The third kappa shape index (κ3) is 2.83. The van der Waals surface area contributed by atoms with Crippen molar-refractivity contribution < 1.29 is 8.78 Å². The van der Waals surface area contributed by atoms with Gasteiger partial charge in [0.25, 0.3) is 0 Å². The second-order valence-electron chi connectivity index (χ2n) is 4.64. The van der Waals surface area contributed by atoms with Crippen LogP contribution >= 0.6 is 11.6 Å². The highest BCUT2D eigenvalue weighted by atomic mass is 35.5. The van der Waals surface area contributed by atoms with Crippen LogP contribution in [0.5, 0.6) is 0 Å². The Morgan fingerprint density at radius 1 is 1.40 bits per heavy atom. The molecule has 1 atom stereocenters. The van der Waals surface area contributed by atoms with Crippen LogP contribution in [0.4, 0.5) is 8.78 Å². The van der Waals surface area contributed by atoms with E-state index in [1.54, 1.807) is 4.68 Å². The quantitative estimate of drug-likeness (QED) is 0.940. The van der Waals surface area contributed by atoms with Gasteiger partial charge in [-0.3, -0.25) is 4.68 Å². The van der Waals surface area contributed by atoms with E-state index in [9.17, 15) is 8.78 Å². The number of hydrogen-bond donors (Lipinski definition) is 1. The first-order valence-electron chi connectivity index (χ1n) is 6.36. The number of nitrogens with two attached hydrogens (primary N) is 1. The van der Waals surface area contributed by atoms with Gasteiger partial charge in [0.1, 0.15) is 11.6 Å². The van der Waals surface area contributed by atoms with E-state index < -0.39 is 17.7 Å². The zero-order valence-corrected chi connectivity index (χ0v) is 12.1. The third-order valence-corrected chi connectivity index (χ3v) is 3.72. The minimum atomic E-state index is -0.645. The van der Waals surface area contributed by atoms with Crippen molar-refractivity contribution in [3.63, 3.8) is 0 Å². The predicted octanol–water partition coefficient (Wildman–Crippen LogP) is 3.39. The van der Waals surface area contributed by atoms with Crippen LogP contribution in [0, 0.1) is 18.6 Å². The molecule has 6 heteroatoms.